The van der Waals surface area contributed by atoms with Gasteiger partial charge in [-0.2, -0.15) is 0 Å². The summed E-state index contributed by atoms with van der Waals surface area (Å²) in [5, 5.41) is 6.13. The monoisotopic (exact) mass is 283 g/mol. The summed E-state index contributed by atoms with van der Waals surface area (Å²) in [6.45, 7) is 7.52. The third kappa shape index (κ3) is 3.18. The number of aromatic nitrogens is 1. The molecule has 0 spiro atoms. The number of benzene rings is 1. The Morgan fingerprint density at radius 3 is 2.52 bits per heavy atom. The average Bonchev–Trinajstić information content (AvgIpc) is 2.53. The van der Waals surface area contributed by atoms with Crippen LogP contribution >= 0.6 is 0 Å². The van der Waals surface area contributed by atoms with Crippen molar-refractivity contribution >= 4 is 16.6 Å². The van der Waals surface area contributed by atoms with Gasteiger partial charge in [0.05, 0.1) is 0 Å². The second-order valence-corrected chi connectivity index (χ2v) is 6.24. The first kappa shape index (κ1) is 14.3. The highest BCUT2D eigenvalue weighted by atomic mass is 15.2. The van der Waals surface area contributed by atoms with Gasteiger partial charge in [0, 0.05) is 37.3 Å². The van der Waals surface area contributed by atoms with E-state index in [2.05, 4.69) is 54.5 Å². The van der Waals surface area contributed by atoms with Crippen molar-refractivity contribution in [1.29, 1.82) is 0 Å². The van der Waals surface area contributed by atoms with Crippen LogP contribution in [-0.2, 0) is 6.54 Å². The van der Waals surface area contributed by atoms with Gasteiger partial charge in [-0.1, -0.05) is 38.1 Å². The third-order valence-electron chi connectivity index (χ3n) is 4.21. The molecule has 0 saturated carbocycles. The summed E-state index contributed by atoms with van der Waals surface area (Å²) in [5.41, 5.74) is 1.29. The van der Waals surface area contributed by atoms with Crippen molar-refractivity contribution in [3.05, 3.63) is 36.0 Å². The van der Waals surface area contributed by atoms with Crippen LogP contribution in [0.5, 0.6) is 0 Å². The van der Waals surface area contributed by atoms with Crippen LogP contribution in [0.1, 0.15) is 38.7 Å². The molecule has 1 aromatic carbocycles. The maximum Gasteiger partial charge on any atom is 0.136 e. The Morgan fingerprint density at radius 2 is 1.81 bits per heavy atom. The molecule has 0 atom stereocenters. The standard InChI is InChI=1S/C18H25N3/c1-14(2)19-12-15-13-20-18(21-10-6-3-7-11-21)17-9-5-4-8-16(15)17/h4-5,8-9,13-14,19H,3,6-7,10-12H2,1-2H3. The molecule has 0 radical (unpaired) electrons. The maximum atomic E-state index is 4.79. The van der Waals surface area contributed by atoms with Gasteiger partial charge in [-0.3, -0.25) is 0 Å². The van der Waals surface area contributed by atoms with Crippen molar-refractivity contribution in [2.75, 3.05) is 18.0 Å². The predicted octanol–water partition coefficient (Wildman–Crippen LogP) is 3.72. The molecule has 112 valence electrons. The van der Waals surface area contributed by atoms with Gasteiger partial charge >= 0.3 is 0 Å². The largest absolute Gasteiger partial charge is 0.356 e. The molecule has 1 saturated heterocycles. The summed E-state index contributed by atoms with van der Waals surface area (Å²) in [6, 6.07) is 9.18. The van der Waals surface area contributed by atoms with Crippen molar-refractivity contribution < 1.29 is 0 Å². The lowest BCUT2D eigenvalue weighted by Crippen LogP contribution is -2.30. The average molecular weight is 283 g/mol. The van der Waals surface area contributed by atoms with E-state index < -0.39 is 0 Å². The van der Waals surface area contributed by atoms with Crippen LogP contribution in [0.15, 0.2) is 30.5 Å². The molecule has 2 heterocycles. The van der Waals surface area contributed by atoms with Crippen LogP contribution < -0.4 is 10.2 Å². The van der Waals surface area contributed by atoms with Crippen molar-refractivity contribution in [3.63, 3.8) is 0 Å². The Labute approximate surface area is 127 Å². The Morgan fingerprint density at radius 1 is 1.10 bits per heavy atom. The fourth-order valence-electron chi connectivity index (χ4n) is 3.05. The van der Waals surface area contributed by atoms with Crippen LogP contribution in [0, 0.1) is 0 Å². The van der Waals surface area contributed by atoms with Crippen molar-refractivity contribution in [2.24, 2.45) is 0 Å². The number of hydrogen-bond acceptors (Lipinski definition) is 3. The molecule has 0 unspecified atom stereocenters. The van der Waals surface area contributed by atoms with Gasteiger partial charge in [0.25, 0.3) is 0 Å². The molecule has 1 aliphatic heterocycles. The summed E-state index contributed by atoms with van der Waals surface area (Å²) in [6.07, 6.45) is 5.98. The molecule has 3 rings (SSSR count). The van der Waals surface area contributed by atoms with E-state index in [-0.39, 0.29) is 0 Å². The number of nitrogens with zero attached hydrogens (tertiary/aromatic N) is 2. The van der Waals surface area contributed by atoms with Crippen LogP contribution in [0.3, 0.4) is 0 Å². The molecule has 3 nitrogen and oxygen atoms in total. The first-order chi connectivity index (χ1) is 10.3. The summed E-state index contributed by atoms with van der Waals surface area (Å²) in [5.74, 6) is 1.17. The summed E-state index contributed by atoms with van der Waals surface area (Å²) < 4.78 is 0. The van der Waals surface area contributed by atoms with E-state index in [1.54, 1.807) is 0 Å². The van der Waals surface area contributed by atoms with E-state index in [9.17, 15) is 0 Å². The highest BCUT2D eigenvalue weighted by Gasteiger charge is 2.16. The van der Waals surface area contributed by atoms with Crippen LogP contribution in [0.25, 0.3) is 10.8 Å². The van der Waals surface area contributed by atoms with Crippen LogP contribution in [-0.4, -0.2) is 24.1 Å². The lowest BCUT2D eigenvalue weighted by molar-refractivity contribution is 0.573. The van der Waals surface area contributed by atoms with Crippen molar-refractivity contribution in [1.82, 2.24) is 10.3 Å². The predicted molar refractivity (Wildman–Crippen MR) is 89.8 cm³/mol. The molecular weight excluding hydrogens is 258 g/mol. The molecule has 3 heteroatoms. The number of piperidine rings is 1. The van der Waals surface area contributed by atoms with E-state index in [4.69, 9.17) is 4.98 Å². The number of nitrogens with one attached hydrogen (secondary N) is 1. The van der Waals surface area contributed by atoms with E-state index in [0.29, 0.717) is 6.04 Å². The zero-order chi connectivity index (χ0) is 14.7. The smallest absolute Gasteiger partial charge is 0.136 e. The minimum absolute atomic E-state index is 0.491. The molecule has 21 heavy (non-hydrogen) atoms. The second-order valence-electron chi connectivity index (χ2n) is 6.24. The number of fused-ring (bicyclic) bond motifs is 1. The summed E-state index contributed by atoms with van der Waals surface area (Å²) in [4.78, 5) is 7.24. The van der Waals surface area contributed by atoms with E-state index in [0.717, 1.165) is 19.6 Å². The van der Waals surface area contributed by atoms with E-state index >= 15 is 0 Å². The fraction of sp³-hybridized carbons (Fsp3) is 0.500. The first-order valence-corrected chi connectivity index (χ1v) is 8.10. The highest BCUT2D eigenvalue weighted by molar-refractivity contribution is 5.94. The molecule has 0 amide bonds. The van der Waals surface area contributed by atoms with Crippen molar-refractivity contribution in [2.45, 2.75) is 45.7 Å². The third-order valence-corrected chi connectivity index (χ3v) is 4.21. The Kier molecular flexibility index (Phi) is 4.39. The molecular formula is C18H25N3. The lowest BCUT2D eigenvalue weighted by Gasteiger charge is -2.29. The zero-order valence-corrected chi connectivity index (χ0v) is 13.1. The van der Waals surface area contributed by atoms with Crippen molar-refractivity contribution in [3.8, 4) is 0 Å². The minimum atomic E-state index is 0.491. The molecule has 1 fully saturated rings. The molecule has 1 aromatic heterocycles. The normalized spacial score (nSPS) is 15.9. The molecule has 2 aromatic rings. The molecule has 0 bridgehead atoms. The number of anilines is 1. The Balaban J connectivity index is 1.97. The summed E-state index contributed by atoms with van der Waals surface area (Å²) >= 11 is 0. The number of hydrogen-bond donors (Lipinski definition) is 1. The van der Waals surface area contributed by atoms with Gasteiger partial charge in [0.1, 0.15) is 5.82 Å². The van der Waals surface area contributed by atoms with Gasteiger partial charge in [0.2, 0.25) is 0 Å². The lowest BCUT2D eigenvalue weighted by atomic mass is 10.0. The molecule has 0 aliphatic carbocycles. The zero-order valence-electron chi connectivity index (χ0n) is 13.1. The second kappa shape index (κ2) is 6.44. The fourth-order valence-corrected chi connectivity index (χ4v) is 3.05. The van der Waals surface area contributed by atoms with Crippen LogP contribution in [0.4, 0.5) is 5.82 Å². The van der Waals surface area contributed by atoms with Crippen LogP contribution in [0.2, 0.25) is 0 Å². The van der Waals surface area contributed by atoms with Gasteiger partial charge in [0.15, 0.2) is 0 Å². The number of rotatable bonds is 4. The topological polar surface area (TPSA) is 28.2 Å². The SMILES string of the molecule is CC(C)NCc1cnc(N2CCCCC2)c2ccccc12. The van der Waals surface area contributed by atoms with E-state index in [1.807, 2.05) is 0 Å². The minimum Gasteiger partial charge on any atom is -0.356 e. The Bertz CT molecular complexity index is 600. The molecule has 1 aliphatic rings. The quantitative estimate of drug-likeness (QED) is 0.927. The Hall–Kier alpha value is -1.61. The molecule has 1 N–H and O–H groups in total. The first-order valence-electron chi connectivity index (χ1n) is 8.10. The van der Waals surface area contributed by atoms with Gasteiger partial charge < -0.3 is 10.2 Å². The number of pyridine rings is 1. The van der Waals surface area contributed by atoms with Gasteiger partial charge in [-0.05, 0) is 30.2 Å². The maximum absolute atomic E-state index is 4.79. The van der Waals surface area contributed by atoms with E-state index in [1.165, 1.54) is 41.4 Å². The highest BCUT2D eigenvalue weighted by Crippen LogP contribution is 2.29. The van der Waals surface area contributed by atoms with Gasteiger partial charge in [-0.25, -0.2) is 4.98 Å². The summed E-state index contributed by atoms with van der Waals surface area (Å²) in [7, 11) is 0. The van der Waals surface area contributed by atoms with Gasteiger partial charge in [-0.15, -0.1) is 0 Å².